The van der Waals surface area contributed by atoms with Gasteiger partial charge in [-0.05, 0) is 36.8 Å². The summed E-state index contributed by atoms with van der Waals surface area (Å²) in [7, 11) is 0. The number of nitrogens with two attached hydrogens (primary N) is 1. The van der Waals surface area contributed by atoms with Gasteiger partial charge in [-0.25, -0.2) is 0 Å². The van der Waals surface area contributed by atoms with Crippen LogP contribution < -0.4 is 11.1 Å². The third-order valence-corrected chi connectivity index (χ3v) is 3.69. The third kappa shape index (κ3) is 4.94. The summed E-state index contributed by atoms with van der Waals surface area (Å²) >= 11 is 0. The van der Waals surface area contributed by atoms with E-state index in [1.54, 1.807) is 0 Å². The molecule has 1 aliphatic rings. The highest BCUT2D eigenvalue weighted by atomic mass is 16.5. The lowest BCUT2D eigenvalue weighted by Crippen LogP contribution is -2.30. The van der Waals surface area contributed by atoms with Crippen LogP contribution in [0.3, 0.4) is 0 Å². The van der Waals surface area contributed by atoms with Gasteiger partial charge >= 0.3 is 0 Å². The van der Waals surface area contributed by atoms with E-state index in [2.05, 4.69) is 5.32 Å². The fourth-order valence-electron chi connectivity index (χ4n) is 2.45. The predicted molar refractivity (Wildman–Crippen MR) is 79.3 cm³/mol. The van der Waals surface area contributed by atoms with Crippen molar-refractivity contribution in [3.63, 3.8) is 0 Å². The summed E-state index contributed by atoms with van der Waals surface area (Å²) in [5.74, 6) is 0.0707. The molecular weight excluding hydrogens is 252 g/mol. The summed E-state index contributed by atoms with van der Waals surface area (Å²) in [6, 6.07) is 7.87. The molecule has 2 rings (SSSR count). The number of rotatable bonds is 6. The maximum absolute atomic E-state index is 11.8. The van der Waals surface area contributed by atoms with Crippen LogP contribution in [0.2, 0.25) is 0 Å². The lowest BCUT2D eigenvalue weighted by molar-refractivity contribution is -0.120. The zero-order valence-electron chi connectivity index (χ0n) is 11.9. The van der Waals surface area contributed by atoms with Crippen LogP contribution in [0, 0.1) is 0 Å². The van der Waals surface area contributed by atoms with Gasteiger partial charge in [-0.2, -0.15) is 0 Å². The van der Waals surface area contributed by atoms with E-state index < -0.39 is 0 Å². The van der Waals surface area contributed by atoms with Crippen LogP contribution >= 0.6 is 0 Å². The average Bonchev–Trinajstić information content (AvgIpc) is 2.49. The van der Waals surface area contributed by atoms with Crippen molar-refractivity contribution in [1.82, 2.24) is 5.32 Å². The summed E-state index contributed by atoms with van der Waals surface area (Å²) in [5.41, 5.74) is 7.66. The molecule has 1 fully saturated rings. The minimum absolute atomic E-state index is 0.0707. The molecule has 1 aliphatic heterocycles. The Balaban J connectivity index is 1.66. The Morgan fingerprint density at radius 2 is 2.00 bits per heavy atom. The molecule has 3 N–H and O–H groups in total. The summed E-state index contributed by atoms with van der Waals surface area (Å²) in [6.07, 6.45) is 5.20. The van der Waals surface area contributed by atoms with Gasteiger partial charge in [-0.1, -0.05) is 24.3 Å². The van der Waals surface area contributed by atoms with Crippen LogP contribution in [-0.2, 0) is 22.5 Å². The number of nitrogens with one attached hydrogen (secondary N) is 1. The maximum Gasteiger partial charge on any atom is 0.224 e. The van der Waals surface area contributed by atoms with Crippen molar-refractivity contribution in [3.05, 3.63) is 35.4 Å². The number of hydrogen-bond acceptors (Lipinski definition) is 3. The Hall–Kier alpha value is -1.39. The second kappa shape index (κ2) is 8.02. The van der Waals surface area contributed by atoms with Crippen molar-refractivity contribution in [2.24, 2.45) is 5.73 Å². The summed E-state index contributed by atoms with van der Waals surface area (Å²) in [5, 5.41) is 2.96. The molecule has 0 saturated carbocycles. The zero-order chi connectivity index (χ0) is 14.2. The molecule has 1 atom stereocenters. The number of carbonyl (C=O) groups excluding carboxylic acids is 1. The SMILES string of the molecule is NCc1ccc(CC(=O)NCCC2CCCCO2)cc1. The molecule has 4 nitrogen and oxygen atoms in total. The number of carbonyl (C=O) groups is 1. The predicted octanol–water partition coefficient (Wildman–Crippen LogP) is 1.76. The Bertz CT molecular complexity index is 411. The molecule has 20 heavy (non-hydrogen) atoms. The van der Waals surface area contributed by atoms with Gasteiger partial charge in [0, 0.05) is 19.7 Å². The Morgan fingerprint density at radius 1 is 1.25 bits per heavy atom. The molecule has 4 heteroatoms. The summed E-state index contributed by atoms with van der Waals surface area (Å²) < 4.78 is 5.64. The van der Waals surface area contributed by atoms with Gasteiger partial charge < -0.3 is 15.8 Å². The Kier molecular flexibility index (Phi) is 6.02. The molecule has 0 spiro atoms. The average molecular weight is 276 g/mol. The highest BCUT2D eigenvalue weighted by Gasteiger charge is 2.13. The minimum atomic E-state index is 0.0707. The van der Waals surface area contributed by atoms with Crippen LogP contribution in [-0.4, -0.2) is 25.2 Å². The molecule has 0 aromatic heterocycles. The molecule has 110 valence electrons. The fourth-order valence-corrected chi connectivity index (χ4v) is 2.45. The van der Waals surface area contributed by atoms with Gasteiger partial charge in [-0.15, -0.1) is 0 Å². The number of benzene rings is 1. The molecule has 1 amide bonds. The standard InChI is InChI=1S/C16H24N2O2/c17-12-14-6-4-13(5-7-14)11-16(19)18-9-8-15-3-1-2-10-20-15/h4-7,15H,1-3,8-12,17H2,(H,18,19). The van der Waals surface area contributed by atoms with Crippen LogP contribution in [0.5, 0.6) is 0 Å². The van der Waals surface area contributed by atoms with E-state index in [1.807, 2.05) is 24.3 Å². The highest BCUT2D eigenvalue weighted by Crippen LogP contribution is 2.14. The third-order valence-electron chi connectivity index (χ3n) is 3.69. The van der Waals surface area contributed by atoms with Gasteiger partial charge in [0.2, 0.25) is 5.91 Å². The molecule has 1 aromatic rings. The van der Waals surface area contributed by atoms with E-state index >= 15 is 0 Å². The topological polar surface area (TPSA) is 64.4 Å². The van der Waals surface area contributed by atoms with Crippen LogP contribution in [0.4, 0.5) is 0 Å². The summed E-state index contributed by atoms with van der Waals surface area (Å²) in [6.45, 7) is 2.10. The van der Waals surface area contributed by atoms with Crippen LogP contribution in [0.25, 0.3) is 0 Å². The van der Waals surface area contributed by atoms with E-state index in [4.69, 9.17) is 10.5 Å². The lowest BCUT2D eigenvalue weighted by atomic mass is 10.1. The van der Waals surface area contributed by atoms with E-state index in [0.717, 1.165) is 30.6 Å². The van der Waals surface area contributed by atoms with Crippen molar-refractivity contribution in [1.29, 1.82) is 0 Å². The molecular formula is C16H24N2O2. The Labute approximate surface area is 120 Å². The van der Waals surface area contributed by atoms with Crippen LogP contribution in [0.15, 0.2) is 24.3 Å². The van der Waals surface area contributed by atoms with Crippen molar-refractivity contribution in [2.75, 3.05) is 13.2 Å². The molecule has 0 bridgehead atoms. The van der Waals surface area contributed by atoms with E-state index in [0.29, 0.717) is 25.6 Å². The van der Waals surface area contributed by atoms with Gasteiger partial charge in [0.1, 0.15) is 0 Å². The lowest BCUT2D eigenvalue weighted by Gasteiger charge is -2.22. The Morgan fingerprint density at radius 3 is 2.65 bits per heavy atom. The van der Waals surface area contributed by atoms with Crippen molar-refractivity contribution >= 4 is 5.91 Å². The number of amides is 1. The van der Waals surface area contributed by atoms with Gasteiger partial charge in [0.15, 0.2) is 0 Å². The zero-order valence-corrected chi connectivity index (χ0v) is 11.9. The quantitative estimate of drug-likeness (QED) is 0.832. The first-order chi connectivity index (χ1) is 9.78. The normalized spacial score (nSPS) is 18.8. The first kappa shape index (κ1) is 15.0. The van der Waals surface area contributed by atoms with Gasteiger partial charge in [-0.3, -0.25) is 4.79 Å². The maximum atomic E-state index is 11.8. The smallest absolute Gasteiger partial charge is 0.224 e. The molecule has 1 aromatic carbocycles. The van der Waals surface area contributed by atoms with Crippen LogP contribution in [0.1, 0.15) is 36.8 Å². The number of ether oxygens (including phenoxy) is 1. The minimum Gasteiger partial charge on any atom is -0.378 e. The molecule has 0 radical (unpaired) electrons. The second-order valence-electron chi connectivity index (χ2n) is 5.32. The number of hydrogen-bond donors (Lipinski definition) is 2. The van der Waals surface area contributed by atoms with Crippen molar-refractivity contribution in [2.45, 2.75) is 44.8 Å². The first-order valence-electron chi connectivity index (χ1n) is 7.44. The largest absolute Gasteiger partial charge is 0.378 e. The van der Waals surface area contributed by atoms with Gasteiger partial charge in [0.25, 0.3) is 0 Å². The molecule has 1 unspecified atom stereocenters. The van der Waals surface area contributed by atoms with Gasteiger partial charge in [0.05, 0.1) is 12.5 Å². The highest BCUT2D eigenvalue weighted by molar-refractivity contribution is 5.78. The summed E-state index contributed by atoms with van der Waals surface area (Å²) in [4.78, 5) is 11.8. The van der Waals surface area contributed by atoms with Crippen molar-refractivity contribution in [3.8, 4) is 0 Å². The first-order valence-corrected chi connectivity index (χ1v) is 7.44. The second-order valence-corrected chi connectivity index (χ2v) is 5.32. The van der Waals surface area contributed by atoms with Crippen molar-refractivity contribution < 1.29 is 9.53 Å². The molecule has 1 saturated heterocycles. The van der Waals surface area contributed by atoms with E-state index in [1.165, 1.54) is 12.8 Å². The monoisotopic (exact) mass is 276 g/mol. The molecule has 1 heterocycles. The fraction of sp³-hybridized carbons (Fsp3) is 0.562. The van der Waals surface area contributed by atoms with E-state index in [9.17, 15) is 4.79 Å². The molecule has 0 aliphatic carbocycles. The van der Waals surface area contributed by atoms with E-state index in [-0.39, 0.29) is 5.91 Å².